The average Bonchev–Trinajstić information content (AvgIpc) is 3.54. The Morgan fingerprint density at radius 3 is 2.71 bits per heavy atom. The minimum absolute atomic E-state index is 0.0341. The van der Waals surface area contributed by atoms with Gasteiger partial charge in [-0.2, -0.15) is 0 Å². The third kappa shape index (κ3) is 2.98. The van der Waals surface area contributed by atoms with E-state index in [1.54, 1.807) is 44.4 Å². The van der Waals surface area contributed by atoms with Crippen LogP contribution >= 0.6 is 11.3 Å². The van der Waals surface area contributed by atoms with Gasteiger partial charge < -0.3 is 23.8 Å². The Kier molecular flexibility index (Phi) is 4.33. The zero-order valence-corrected chi connectivity index (χ0v) is 17.3. The number of ether oxygens (including phenoxy) is 1. The number of hydrogen-bond acceptors (Lipinski definition) is 8. The lowest BCUT2D eigenvalue weighted by Crippen LogP contribution is -2.03. The van der Waals surface area contributed by atoms with Crippen molar-refractivity contribution in [2.75, 3.05) is 7.11 Å². The van der Waals surface area contributed by atoms with E-state index in [2.05, 4.69) is 4.98 Å². The van der Waals surface area contributed by atoms with Gasteiger partial charge in [0, 0.05) is 0 Å². The number of aromatic hydroxyl groups is 2. The highest BCUT2D eigenvalue weighted by molar-refractivity contribution is 7.20. The number of furan rings is 2. The Bertz CT molecular complexity index is 1420. The molecule has 0 aliphatic carbocycles. The molecule has 8 nitrogen and oxygen atoms in total. The van der Waals surface area contributed by atoms with Crippen LogP contribution in [0.4, 0.5) is 0 Å². The zero-order valence-electron chi connectivity index (χ0n) is 16.4. The normalized spacial score (nSPS) is 11.3. The Balaban J connectivity index is 1.77. The van der Waals surface area contributed by atoms with E-state index in [9.17, 15) is 15.0 Å². The summed E-state index contributed by atoms with van der Waals surface area (Å²) in [6, 6.07) is 11.8. The SMILES string of the molecule is COc1ccc2nc(-n3c(O)c(O)c(C(=O)c4ccc(C)o4)c3-c3ccco3)sc2c1. The standard InChI is InChI=1S/C22H16N2O6S/c1-11-5-8-15(30-11)19(25)17-18(14-4-3-9-29-14)24(21(27)20(17)26)22-23-13-7-6-12(28-2)10-16(13)31-22/h3-10,26-27H,1-2H3. The quantitative estimate of drug-likeness (QED) is 0.377. The fourth-order valence-corrected chi connectivity index (χ4v) is 4.39. The Morgan fingerprint density at radius 1 is 1.19 bits per heavy atom. The molecule has 0 saturated heterocycles. The van der Waals surface area contributed by atoms with E-state index in [-0.39, 0.29) is 22.8 Å². The number of nitrogens with zero attached hydrogens (tertiary/aromatic N) is 2. The first-order valence-corrected chi connectivity index (χ1v) is 10.1. The summed E-state index contributed by atoms with van der Waals surface area (Å²) in [5.74, 6) is -0.172. The lowest BCUT2D eigenvalue weighted by atomic mass is 10.1. The van der Waals surface area contributed by atoms with Gasteiger partial charge in [-0.05, 0) is 49.4 Å². The van der Waals surface area contributed by atoms with Gasteiger partial charge in [0.2, 0.25) is 11.7 Å². The second-order valence-corrected chi connectivity index (χ2v) is 7.79. The number of methoxy groups -OCH3 is 1. The molecule has 0 radical (unpaired) electrons. The zero-order chi connectivity index (χ0) is 21.7. The third-order valence-electron chi connectivity index (χ3n) is 4.84. The molecule has 0 spiro atoms. The van der Waals surface area contributed by atoms with E-state index in [0.717, 1.165) is 4.70 Å². The third-order valence-corrected chi connectivity index (χ3v) is 5.85. The van der Waals surface area contributed by atoms with Crippen LogP contribution < -0.4 is 4.74 Å². The summed E-state index contributed by atoms with van der Waals surface area (Å²) in [5.41, 5.74) is 0.706. The van der Waals surface area contributed by atoms with Gasteiger partial charge in [0.1, 0.15) is 22.8 Å². The van der Waals surface area contributed by atoms with Crippen LogP contribution in [0.3, 0.4) is 0 Å². The van der Waals surface area contributed by atoms with Crippen LogP contribution in [-0.4, -0.2) is 32.7 Å². The number of hydrogen-bond donors (Lipinski definition) is 2. The molecule has 0 aliphatic heterocycles. The molecule has 156 valence electrons. The summed E-state index contributed by atoms with van der Waals surface area (Å²) in [6.45, 7) is 1.71. The van der Waals surface area contributed by atoms with E-state index in [1.807, 2.05) is 6.07 Å². The average molecular weight is 436 g/mol. The summed E-state index contributed by atoms with van der Waals surface area (Å²) in [4.78, 5) is 17.8. The maximum Gasteiger partial charge on any atom is 0.242 e. The minimum atomic E-state index is -0.589. The van der Waals surface area contributed by atoms with Crippen LogP contribution in [0.5, 0.6) is 17.4 Å². The van der Waals surface area contributed by atoms with Gasteiger partial charge in [0.05, 0.1) is 23.6 Å². The minimum Gasteiger partial charge on any atom is -0.503 e. The fourth-order valence-electron chi connectivity index (χ4n) is 3.39. The molecule has 31 heavy (non-hydrogen) atoms. The molecule has 0 aliphatic rings. The van der Waals surface area contributed by atoms with Crippen LogP contribution in [0.25, 0.3) is 26.8 Å². The highest BCUT2D eigenvalue weighted by Crippen LogP contribution is 2.45. The molecule has 1 aromatic carbocycles. The molecule has 0 unspecified atom stereocenters. The number of aromatic nitrogens is 2. The first kappa shape index (κ1) is 19.0. The summed E-state index contributed by atoms with van der Waals surface area (Å²) >= 11 is 1.26. The van der Waals surface area contributed by atoms with E-state index < -0.39 is 17.4 Å². The van der Waals surface area contributed by atoms with Crippen molar-refractivity contribution in [3.05, 3.63) is 65.8 Å². The number of aryl methyl sites for hydroxylation is 1. The van der Waals surface area contributed by atoms with E-state index in [0.29, 0.717) is 22.2 Å². The van der Waals surface area contributed by atoms with Crippen LogP contribution in [0.1, 0.15) is 21.9 Å². The van der Waals surface area contributed by atoms with Crippen molar-refractivity contribution in [3.63, 3.8) is 0 Å². The number of ketones is 1. The van der Waals surface area contributed by atoms with Crippen molar-refractivity contribution < 1.29 is 28.6 Å². The van der Waals surface area contributed by atoms with Gasteiger partial charge in [0.25, 0.3) is 0 Å². The molecule has 2 N–H and O–H groups in total. The maximum absolute atomic E-state index is 13.2. The molecule has 4 aromatic heterocycles. The van der Waals surface area contributed by atoms with Crippen molar-refractivity contribution in [2.24, 2.45) is 0 Å². The predicted octanol–water partition coefficient (Wildman–Crippen LogP) is 4.90. The second-order valence-electron chi connectivity index (χ2n) is 6.78. The van der Waals surface area contributed by atoms with E-state index in [4.69, 9.17) is 13.6 Å². The summed E-state index contributed by atoms with van der Waals surface area (Å²) in [6.07, 6.45) is 1.44. The monoisotopic (exact) mass is 436 g/mol. The molecule has 4 heterocycles. The first-order chi connectivity index (χ1) is 15.0. The van der Waals surface area contributed by atoms with Crippen molar-refractivity contribution in [3.8, 4) is 34.0 Å². The fraction of sp³-hybridized carbons (Fsp3) is 0.0909. The molecular weight excluding hydrogens is 420 g/mol. The molecule has 9 heteroatoms. The largest absolute Gasteiger partial charge is 0.503 e. The van der Waals surface area contributed by atoms with Gasteiger partial charge in [-0.1, -0.05) is 11.3 Å². The van der Waals surface area contributed by atoms with Gasteiger partial charge >= 0.3 is 0 Å². The molecule has 5 aromatic rings. The Labute approximate surface area is 179 Å². The Hall–Kier alpha value is -3.98. The molecular formula is C22H16N2O6S. The number of carbonyl (C=O) groups is 1. The summed E-state index contributed by atoms with van der Waals surface area (Å²) in [5, 5.41) is 21.9. The number of benzene rings is 1. The number of carbonyl (C=O) groups excluding carboxylic acids is 1. The highest BCUT2D eigenvalue weighted by Gasteiger charge is 2.33. The van der Waals surface area contributed by atoms with Crippen molar-refractivity contribution in [2.45, 2.75) is 6.92 Å². The first-order valence-electron chi connectivity index (χ1n) is 9.24. The lowest BCUT2D eigenvalue weighted by molar-refractivity contribution is 0.101. The van der Waals surface area contributed by atoms with Gasteiger partial charge in [-0.3, -0.25) is 4.79 Å². The van der Waals surface area contributed by atoms with Gasteiger partial charge in [-0.15, -0.1) is 0 Å². The molecule has 0 fully saturated rings. The topological polar surface area (TPSA) is 111 Å². The second kappa shape index (κ2) is 7.06. The molecule has 0 amide bonds. The molecule has 0 bridgehead atoms. The van der Waals surface area contributed by atoms with Gasteiger partial charge in [0.15, 0.2) is 22.4 Å². The molecule has 5 rings (SSSR count). The number of fused-ring (bicyclic) bond motifs is 1. The van der Waals surface area contributed by atoms with Crippen LogP contribution in [0.2, 0.25) is 0 Å². The lowest BCUT2D eigenvalue weighted by Gasteiger charge is -2.06. The van der Waals surface area contributed by atoms with Crippen LogP contribution in [-0.2, 0) is 0 Å². The summed E-state index contributed by atoms with van der Waals surface area (Å²) < 4.78 is 18.3. The van der Waals surface area contributed by atoms with E-state index in [1.165, 1.54) is 28.2 Å². The highest BCUT2D eigenvalue weighted by atomic mass is 32.1. The van der Waals surface area contributed by atoms with Crippen LogP contribution in [0, 0.1) is 6.92 Å². The van der Waals surface area contributed by atoms with Crippen molar-refractivity contribution in [1.29, 1.82) is 0 Å². The Morgan fingerprint density at radius 2 is 2.03 bits per heavy atom. The predicted molar refractivity (Wildman–Crippen MR) is 113 cm³/mol. The summed E-state index contributed by atoms with van der Waals surface area (Å²) in [7, 11) is 1.57. The van der Waals surface area contributed by atoms with Crippen LogP contribution in [0.15, 0.2) is 57.6 Å². The smallest absolute Gasteiger partial charge is 0.242 e. The number of rotatable bonds is 5. The number of thiazole rings is 1. The van der Waals surface area contributed by atoms with Crippen molar-refractivity contribution in [1.82, 2.24) is 9.55 Å². The molecule has 0 atom stereocenters. The van der Waals surface area contributed by atoms with E-state index >= 15 is 0 Å². The van der Waals surface area contributed by atoms with Gasteiger partial charge in [-0.25, -0.2) is 9.55 Å². The molecule has 0 saturated carbocycles. The maximum atomic E-state index is 13.2. The van der Waals surface area contributed by atoms with Crippen molar-refractivity contribution >= 4 is 27.3 Å².